The van der Waals surface area contributed by atoms with E-state index < -0.39 is 0 Å². The Bertz CT molecular complexity index is 465. The van der Waals surface area contributed by atoms with E-state index in [4.69, 9.17) is 5.26 Å². The zero-order chi connectivity index (χ0) is 14.8. The molecule has 0 aliphatic rings. The molecule has 1 rings (SSSR count). The summed E-state index contributed by atoms with van der Waals surface area (Å²) in [6.45, 7) is 7.34. The van der Waals surface area contributed by atoms with Gasteiger partial charge < -0.3 is 10.2 Å². The maximum absolute atomic E-state index is 11.9. The minimum atomic E-state index is -0.0275. The van der Waals surface area contributed by atoms with E-state index in [2.05, 4.69) is 30.1 Å². The summed E-state index contributed by atoms with van der Waals surface area (Å²) in [7, 11) is 0. The molecule has 108 valence electrons. The molecule has 0 fully saturated rings. The smallest absolute Gasteiger partial charge is 0.224 e. The number of carbonyl (C=O) groups is 1. The van der Waals surface area contributed by atoms with Crippen molar-refractivity contribution in [2.75, 3.05) is 25.0 Å². The van der Waals surface area contributed by atoms with Crippen molar-refractivity contribution in [1.82, 2.24) is 4.90 Å². The summed E-state index contributed by atoms with van der Waals surface area (Å²) in [6, 6.07) is 9.14. The number of amides is 1. The lowest BCUT2D eigenvalue weighted by molar-refractivity contribution is -0.116. The van der Waals surface area contributed by atoms with Crippen molar-refractivity contribution in [1.29, 1.82) is 5.26 Å². The molecule has 0 atom stereocenters. The fraction of sp³-hybridized carbons (Fsp3) is 0.500. The highest BCUT2D eigenvalue weighted by Crippen LogP contribution is 2.14. The van der Waals surface area contributed by atoms with Crippen molar-refractivity contribution >= 4 is 11.6 Å². The van der Waals surface area contributed by atoms with Crippen molar-refractivity contribution in [2.45, 2.75) is 33.1 Å². The highest BCUT2D eigenvalue weighted by molar-refractivity contribution is 5.92. The number of carbonyl (C=O) groups excluding carboxylic acids is 1. The number of hydrogen-bond acceptors (Lipinski definition) is 3. The van der Waals surface area contributed by atoms with Crippen molar-refractivity contribution in [3.8, 4) is 6.07 Å². The molecule has 0 saturated heterocycles. The van der Waals surface area contributed by atoms with Crippen molar-refractivity contribution in [3.05, 3.63) is 29.8 Å². The minimum Gasteiger partial charge on any atom is -0.325 e. The molecule has 1 aromatic rings. The van der Waals surface area contributed by atoms with Crippen LogP contribution in [0, 0.1) is 11.3 Å². The van der Waals surface area contributed by atoms with Crippen LogP contribution in [0.5, 0.6) is 0 Å². The maximum Gasteiger partial charge on any atom is 0.224 e. The van der Waals surface area contributed by atoms with Gasteiger partial charge in [-0.15, -0.1) is 0 Å². The largest absolute Gasteiger partial charge is 0.325 e. The van der Waals surface area contributed by atoms with Gasteiger partial charge in [-0.05, 0) is 44.6 Å². The second-order valence-corrected chi connectivity index (χ2v) is 4.74. The van der Waals surface area contributed by atoms with Gasteiger partial charge in [0.05, 0.1) is 11.3 Å². The summed E-state index contributed by atoms with van der Waals surface area (Å²) in [6.07, 6.45) is 2.46. The fourth-order valence-electron chi connectivity index (χ4n) is 2.11. The van der Waals surface area contributed by atoms with E-state index in [1.165, 1.54) is 0 Å². The van der Waals surface area contributed by atoms with E-state index in [1.807, 2.05) is 6.07 Å². The van der Waals surface area contributed by atoms with Gasteiger partial charge in [0.2, 0.25) is 5.91 Å². The Morgan fingerprint density at radius 3 is 2.70 bits per heavy atom. The second-order valence-electron chi connectivity index (χ2n) is 4.74. The van der Waals surface area contributed by atoms with Crippen LogP contribution in [0.2, 0.25) is 0 Å². The minimum absolute atomic E-state index is 0.0275. The molecular weight excluding hydrogens is 250 g/mol. The van der Waals surface area contributed by atoms with Gasteiger partial charge in [-0.25, -0.2) is 0 Å². The van der Waals surface area contributed by atoms with Gasteiger partial charge in [0.15, 0.2) is 0 Å². The van der Waals surface area contributed by atoms with Crippen molar-refractivity contribution in [2.24, 2.45) is 0 Å². The molecule has 4 heteroatoms. The summed E-state index contributed by atoms with van der Waals surface area (Å²) in [5, 5.41) is 11.8. The first-order valence-corrected chi connectivity index (χ1v) is 7.22. The Morgan fingerprint density at radius 1 is 1.30 bits per heavy atom. The van der Waals surface area contributed by atoms with Crippen molar-refractivity contribution < 1.29 is 4.79 Å². The summed E-state index contributed by atoms with van der Waals surface area (Å²) in [4.78, 5) is 14.2. The molecule has 0 spiro atoms. The van der Waals surface area contributed by atoms with Gasteiger partial charge in [-0.3, -0.25) is 4.79 Å². The van der Waals surface area contributed by atoms with E-state index in [9.17, 15) is 4.79 Å². The lowest BCUT2D eigenvalue weighted by atomic mass is 10.2. The number of nitrogens with zero attached hydrogens (tertiary/aromatic N) is 2. The molecule has 1 amide bonds. The average molecular weight is 273 g/mol. The Kier molecular flexibility index (Phi) is 7.38. The predicted molar refractivity (Wildman–Crippen MR) is 81.4 cm³/mol. The standard InChI is InChI=1S/C16H23N3O/c1-3-11-19(4-2)12-7-10-16(20)18-15-9-6-5-8-14(15)13-17/h5-6,8-9H,3-4,7,10-12H2,1-2H3,(H,18,20). The third-order valence-corrected chi connectivity index (χ3v) is 3.19. The quantitative estimate of drug-likeness (QED) is 0.792. The number of nitriles is 1. The van der Waals surface area contributed by atoms with Crippen LogP contribution in [0.1, 0.15) is 38.7 Å². The van der Waals surface area contributed by atoms with Crippen LogP contribution in [0.15, 0.2) is 24.3 Å². The summed E-state index contributed by atoms with van der Waals surface area (Å²) < 4.78 is 0. The van der Waals surface area contributed by atoms with Crippen molar-refractivity contribution in [3.63, 3.8) is 0 Å². The Balaban J connectivity index is 2.39. The highest BCUT2D eigenvalue weighted by atomic mass is 16.1. The zero-order valence-corrected chi connectivity index (χ0v) is 12.4. The van der Waals surface area contributed by atoms with Gasteiger partial charge in [-0.2, -0.15) is 5.26 Å². The Hall–Kier alpha value is -1.86. The summed E-state index contributed by atoms with van der Waals surface area (Å²) in [5.41, 5.74) is 1.10. The van der Waals surface area contributed by atoms with Gasteiger partial charge in [-0.1, -0.05) is 26.0 Å². The predicted octanol–water partition coefficient (Wildman–Crippen LogP) is 3.01. The number of hydrogen-bond donors (Lipinski definition) is 1. The molecule has 0 saturated carbocycles. The third-order valence-electron chi connectivity index (χ3n) is 3.19. The van der Waals surface area contributed by atoms with Crippen LogP contribution in [0.25, 0.3) is 0 Å². The summed E-state index contributed by atoms with van der Waals surface area (Å²) >= 11 is 0. The number of nitrogens with one attached hydrogen (secondary N) is 1. The Morgan fingerprint density at radius 2 is 2.05 bits per heavy atom. The van der Waals surface area contributed by atoms with E-state index in [-0.39, 0.29) is 5.91 Å². The third kappa shape index (κ3) is 5.41. The van der Waals surface area contributed by atoms with Crippen LogP contribution in [-0.4, -0.2) is 30.4 Å². The Labute approximate surface area is 121 Å². The molecule has 1 N–H and O–H groups in total. The molecule has 0 unspecified atom stereocenters. The van der Waals surface area contributed by atoms with Crippen LogP contribution < -0.4 is 5.32 Å². The van der Waals surface area contributed by atoms with Crippen LogP contribution >= 0.6 is 0 Å². The van der Waals surface area contributed by atoms with Crippen LogP contribution in [0.4, 0.5) is 5.69 Å². The van der Waals surface area contributed by atoms with E-state index in [0.29, 0.717) is 17.7 Å². The molecule has 0 heterocycles. The number of para-hydroxylation sites is 1. The van der Waals surface area contributed by atoms with E-state index in [0.717, 1.165) is 32.5 Å². The molecule has 0 radical (unpaired) electrons. The first-order valence-electron chi connectivity index (χ1n) is 7.22. The van der Waals surface area contributed by atoms with Crippen LogP contribution in [-0.2, 0) is 4.79 Å². The molecule has 1 aromatic carbocycles. The molecule has 0 aliphatic carbocycles. The maximum atomic E-state index is 11.9. The topological polar surface area (TPSA) is 56.1 Å². The lowest BCUT2D eigenvalue weighted by Gasteiger charge is -2.19. The number of benzene rings is 1. The summed E-state index contributed by atoms with van der Waals surface area (Å²) in [5.74, 6) is -0.0275. The normalized spacial score (nSPS) is 10.3. The average Bonchev–Trinajstić information content (AvgIpc) is 2.47. The van der Waals surface area contributed by atoms with Gasteiger partial charge in [0.1, 0.15) is 6.07 Å². The first kappa shape index (κ1) is 16.2. The van der Waals surface area contributed by atoms with Gasteiger partial charge in [0.25, 0.3) is 0 Å². The monoisotopic (exact) mass is 273 g/mol. The number of rotatable bonds is 8. The SMILES string of the molecule is CCCN(CC)CCCC(=O)Nc1ccccc1C#N. The first-order chi connectivity index (χ1) is 9.71. The molecule has 0 aliphatic heterocycles. The van der Waals surface area contributed by atoms with Crippen LogP contribution in [0.3, 0.4) is 0 Å². The number of anilines is 1. The van der Waals surface area contributed by atoms with E-state index in [1.54, 1.807) is 18.2 Å². The molecule has 4 nitrogen and oxygen atoms in total. The zero-order valence-electron chi connectivity index (χ0n) is 12.4. The fourth-order valence-corrected chi connectivity index (χ4v) is 2.11. The van der Waals surface area contributed by atoms with E-state index >= 15 is 0 Å². The lowest BCUT2D eigenvalue weighted by Crippen LogP contribution is -2.26. The van der Waals surface area contributed by atoms with Gasteiger partial charge in [0, 0.05) is 6.42 Å². The molecule has 0 aromatic heterocycles. The molecule has 20 heavy (non-hydrogen) atoms. The highest BCUT2D eigenvalue weighted by Gasteiger charge is 2.07. The molecular formula is C16H23N3O. The second kappa shape index (κ2) is 9.11. The van der Waals surface area contributed by atoms with Gasteiger partial charge >= 0.3 is 0 Å². The molecule has 0 bridgehead atoms.